The highest BCUT2D eigenvalue weighted by molar-refractivity contribution is 7.92. The van der Waals surface area contributed by atoms with Gasteiger partial charge >= 0.3 is 0 Å². The van der Waals surface area contributed by atoms with Crippen LogP contribution in [0.3, 0.4) is 0 Å². The van der Waals surface area contributed by atoms with E-state index in [1.165, 1.54) is 32.1 Å². The Bertz CT molecular complexity index is 416. The maximum absolute atomic E-state index is 12.0. The van der Waals surface area contributed by atoms with Crippen LogP contribution in [0.5, 0.6) is 0 Å². The summed E-state index contributed by atoms with van der Waals surface area (Å²) in [7, 11) is -2.93. The highest BCUT2D eigenvalue weighted by atomic mass is 32.2. The zero-order valence-electron chi connectivity index (χ0n) is 13.8. The average Bonchev–Trinajstić information content (AvgIpc) is 2.47. The third kappa shape index (κ3) is 4.67. The van der Waals surface area contributed by atoms with E-state index in [1.807, 2.05) is 0 Å². The van der Waals surface area contributed by atoms with Gasteiger partial charge < -0.3 is 5.32 Å². The number of nitrogens with one attached hydrogen (secondary N) is 1. The molecule has 2 unspecified atom stereocenters. The number of piperazine rings is 1. The highest BCUT2D eigenvalue weighted by Crippen LogP contribution is 2.28. The van der Waals surface area contributed by atoms with Gasteiger partial charge in [-0.1, -0.05) is 19.3 Å². The monoisotopic (exact) mass is 316 g/mol. The zero-order chi connectivity index (χ0) is 15.5. The third-order valence-electron chi connectivity index (χ3n) is 5.33. The molecular formula is C16H32N2O2S. The van der Waals surface area contributed by atoms with E-state index in [-0.39, 0.29) is 5.25 Å². The highest BCUT2D eigenvalue weighted by Gasteiger charge is 2.31. The molecule has 4 nitrogen and oxygen atoms in total. The Morgan fingerprint density at radius 2 is 1.86 bits per heavy atom. The van der Waals surface area contributed by atoms with Gasteiger partial charge in [-0.2, -0.15) is 0 Å². The quantitative estimate of drug-likeness (QED) is 0.843. The second-order valence-electron chi connectivity index (χ2n) is 7.17. The predicted molar refractivity (Wildman–Crippen MR) is 88.3 cm³/mol. The Morgan fingerprint density at radius 1 is 1.19 bits per heavy atom. The number of nitrogens with zero attached hydrogens (tertiary/aromatic N) is 1. The summed E-state index contributed by atoms with van der Waals surface area (Å²) in [5.74, 6) is 1.09. The average molecular weight is 317 g/mol. The Morgan fingerprint density at radius 3 is 2.48 bits per heavy atom. The van der Waals surface area contributed by atoms with Crippen LogP contribution in [0.25, 0.3) is 0 Å². The SMILES string of the molecule is CC1CNC(C2CCCCC2)CN1CCS(=O)(=O)C(C)C. The van der Waals surface area contributed by atoms with Gasteiger partial charge in [0.1, 0.15) is 0 Å². The van der Waals surface area contributed by atoms with Gasteiger partial charge in [0.15, 0.2) is 9.84 Å². The van der Waals surface area contributed by atoms with Gasteiger partial charge in [-0.25, -0.2) is 8.42 Å². The van der Waals surface area contributed by atoms with E-state index < -0.39 is 9.84 Å². The maximum atomic E-state index is 12.0. The summed E-state index contributed by atoms with van der Waals surface area (Å²) < 4.78 is 24.0. The van der Waals surface area contributed by atoms with Crippen LogP contribution >= 0.6 is 0 Å². The van der Waals surface area contributed by atoms with Gasteiger partial charge in [0.2, 0.25) is 0 Å². The van der Waals surface area contributed by atoms with Crippen LogP contribution in [0.2, 0.25) is 0 Å². The van der Waals surface area contributed by atoms with Gasteiger partial charge in [0, 0.05) is 31.7 Å². The molecule has 0 amide bonds. The largest absolute Gasteiger partial charge is 0.311 e. The number of rotatable bonds is 5. The fraction of sp³-hybridized carbons (Fsp3) is 1.00. The summed E-state index contributed by atoms with van der Waals surface area (Å²) >= 11 is 0. The van der Waals surface area contributed by atoms with Crippen LogP contribution in [0.1, 0.15) is 52.9 Å². The van der Waals surface area contributed by atoms with Crippen LogP contribution in [-0.4, -0.2) is 56.0 Å². The van der Waals surface area contributed by atoms with Gasteiger partial charge in [0.25, 0.3) is 0 Å². The second kappa shape index (κ2) is 7.42. The van der Waals surface area contributed by atoms with E-state index in [4.69, 9.17) is 0 Å². The summed E-state index contributed by atoms with van der Waals surface area (Å²) in [5, 5.41) is 3.44. The number of hydrogen-bond acceptors (Lipinski definition) is 4. The number of sulfone groups is 1. The molecule has 2 aliphatic rings. The lowest BCUT2D eigenvalue weighted by Gasteiger charge is -2.42. The van der Waals surface area contributed by atoms with E-state index in [1.54, 1.807) is 13.8 Å². The molecule has 0 aromatic carbocycles. The molecule has 2 fully saturated rings. The van der Waals surface area contributed by atoms with Crippen LogP contribution < -0.4 is 5.32 Å². The lowest BCUT2D eigenvalue weighted by molar-refractivity contribution is 0.110. The molecule has 0 aromatic heterocycles. The summed E-state index contributed by atoms with van der Waals surface area (Å²) in [4.78, 5) is 2.38. The minimum Gasteiger partial charge on any atom is -0.311 e. The molecule has 0 radical (unpaired) electrons. The van der Waals surface area contributed by atoms with E-state index >= 15 is 0 Å². The predicted octanol–water partition coefficient (Wildman–Crippen LogP) is 2.05. The molecule has 0 aromatic rings. The fourth-order valence-corrected chi connectivity index (χ4v) is 4.55. The first-order valence-electron chi connectivity index (χ1n) is 8.59. The van der Waals surface area contributed by atoms with Crippen molar-refractivity contribution >= 4 is 9.84 Å². The smallest absolute Gasteiger partial charge is 0.153 e. The molecule has 0 bridgehead atoms. The van der Waals surface area contributed by atoms with Crippen LogP contribution in [-0.2, 0) is 9.84 Å². The van der Waals surface area contributed by atoms with Crippen molar-refractivity contribution < 1.29 is 8.42 Å². The van der Waals surface area contributed by atoms with Gasteiger partial charge in [0.05, 0.1) is 11.0 Å². The lowest BCUT2D eigenvalue weighted by Crippen LogP contribution is -2.58. The molecule has 0 spiro atoms. The lowest BCUT2D eigenvalue weighted by atomic mass is 9.82. The summed E-state index contributed by atoms with van der Waals surface area (Å²) in [5.41, 5.74) is 0. The molecule has 5 heteroatoms. The van der Waals surface area contributed by atoms with Crippen LogP contribution in [0.4, 0.5) is 0 Å². The van der Waals surface area contributed by atoms with Crippen molar-refractivity contribution in [1.29, 1.82) is 0 Å². The Labute approximate surface area is 130 Å². The molecule has 1 saturated carbocycles. The third-order valence-corrected chi connectivity index (χ3v) is 7.52. The van der Waals surface area contributed by atoms with Gasteiger partial charge in [-0.05, 0) is 39.5 Å². The van der Waals surface area contributed by atoms with Crippen LogP contribution in [0.15, 0.2) is 0 Å². The van der Waals surface area contributed by atoms with Crippen molar-refractivity contribution in [3.05, 3.63) is 0 Å². The van der Waals surface area contributed by atoms with E-state index in [9.17, 15) is 8.42 Å². The summed E-state index contributed by atoms with van der Waals surface area (Å²) in [6.07, 6.45) is 6.78. The second-order valence-corrected chi connectivity index (χ2v) is 9.85. The number of hydrogen-bond donors (Lipinski definition) is 1. The molecule has 124 valence electrons. The maximum Gasteiger partial charge on any atom is 0.153 e. The Kier molecular flexibility index (Phi) is 6.09. The minimum absolute atomic E-state index is 0.259. The molecule has 2 atom stereocenters. The summed E-state index contributed by atoms with van der Waals surface area (Å²) in [6, 6.07) is 0.996. The molecule has 1 aliphatic heterocycles. The Balaban J connectivity index is 1.89. The first-order valence-corrected chi connectivity index (χ1v) is 10.3. The molecule has 1 aliphatic carbocycles. The standard InChI is InChI=1S/C16H32N2O2S/c1-13(2)21(19,20)10-9-18-12-16(17-11-14(18)3)15-7-5-4-6-8-15/h13-17H,4-12H2,1-3H3. The molecule has 21 heavy (non-hydrogen) atoms. The van der Waals surface area contributed by atoms with E-state index in [2.05, 4.69) is 17.1 Å². The van der Waals surface area contributed by atoms with E-state index in [0.29, 0.717) is 24.4 Å². The van der Waals surface area contributed by atoms with Crippen molar-refractivity contribution in [2.75, 3.05) is 25.4 Å². The molecular weight excluding hydrogens is 284 g/mol. The normalized spacial score (nSPS) is 29.9. The van der Waals surface area contributed by atoms with Crippen molar-refractivity contribution in [3.63, 3.8) is 0 Å². The molecule has 1 N–H and O–H groups in total. The minimum atomic E-state index is -2.93. The van der Waals surface area contributed by atoms with Gasteiger partial charge in [-0.15, -0.1) is 0 Å². The molecule has 2 rings (SSSR count). The van der Waals surface area contributed by atoms with Gasteiger partial charge in [-0.3, -0.25) is 4.90 Å². The van der Waals surface area contributed by atoms with E-state index in [0.717, 1.165) is 19.0 Å². The molecule has 1 heterocycles. The van der Waals surface area contributed by atoms with Crippen LogP contribution in [0, 0.1) is 5.92 Å². The zero-order valence-corrected chi connectivity index (χ0v) is 14.7. The van der Waals surface area contributed by atoms with Crippen molar-refractivity contribution in [2.24, 2.45) is 5.92 Å². The Hall–Kier alpha value is -0.130. The first kappa shape index (κ1) is 17.2. The van der Waals surface area contributed by atoms with Crippen molar-refractivity contribution in [3.8, 4) is 0 Å². The van der Waals surface area contributed by atoms with Crippen molar-refractivity contribution in [1.82, 2.24) is 10.2 Å². The summed E-state index contributed by atoms with van der Waals surface area (Å²) in [6.45, 7) is 8.45. The first-order chi connectivity index (χ1) is 9.90. The molecule has 1 saturated heterocycles. The fourth-order valence-electron chi connectivity index (χ4n) is 3.59. The topological polar surface area (TPSA) is 49.4 Å². The van der Waals surface area contributed by atoms with Crippen molar-refractivity contribution in [2.45, 2.75) is 70.2 Å².